The molecule has 0 saturated heterocycles. The Kier molecular flexibility index (Phi) is 4.60. The Hall–Kier alpha value is -1.20. The van der Waals surface area contributed by atoms with Crippen LogP contribution in [0.4, 0.5) is 10.2 Å². The smallest absolute Gasteiger partial charge is 0.169 e. The number of halogens is 1. The maximum atomic E-state index is 14.4. The molecule has 1 saturated carbocycles. The molecule has 5 heteroatoms. The van der Waals surface area contributed by atoms with E-state index in [0.29, 0.717) is 24.0 Å². The van der Waals surface area contributed by atoms with Crippen LogP contribution in [0.2, 0.25) is 0 Å². The average Bonchev–Trinajstić information content (AvgIpc) is 2.32. The van der Waals surface area contributed by atoms with Gasteiger partial charge >= 0.3 is 0 Å². The van der Waals surface area contributed by atoms with Crippen molar-refractivity contribution < 1.29 is 9.13 Å². The number of aromatic nitrogens is 1. The zero-order valence-corrected chi connectivity index (χ0v) is 12.7. The summed E-state index contributed by atoms with van der Waals surface area (Å²) in [5.74, 6) is 0.0860. The Bertz CT molecular complexity index is 453. The lowest BCUT2D eigenvalue weighted by molar-refractivity contribution is 0.0327. The van der Waals surface area contributed by atoms with Crippen LogP contribution in [0.1, 0.15) is 39.2 Å². The summed E-state index contributed by atoms with van der Waals surface area (Å²) in [6.45, 7) is 6.68. The Balaban J connectivity index is 1.97. The highest BCUT2D eigenvalue weighted by molar-refractivity contribution is 5.41. The highest BCUT2D eigenvalue weighted by atomic mass is 19.1. The number of nitrogens with zero attached hydrogens (tertiary/aromatic N) is 1. The van der Waals surface area contributed by atoms with Crippen molar-refractivity contribution in [2.45, 2.75) is 57.8 Å². The number of ether oxygens (including phenoxy) is 1. The maximum Gasteiger partial charge on any atom is 0.169 e. The molecule has 4 nitrogen and oxygen atoms in total. The Labute approximate surface area is 120 Å². The van der Waals surface area contributed by atoms with E-state index in [1.165, 1.54) is 0 Å². The van der Waals surface area contributed by atoms with Crippen LogP contribution in [-0.4, -0.2) is 29.8 Å². The number of hydrogen-bond acceptors (Lipinski definition) is 4. The van der Waals surface area contributed by atoms with Crippen LogP contribution in [0.15, 0.2) is 12.3 Å². The predicted molar refractivity (Wildman–Crippen MR) is 78.2 cm³/mol. The average molecular weight is 281 g/mol. The summed E-state index contributed by atoms with van der Waals surface area (Å²) in [6, 6.07) is 1.98. The summed E-state index contributed by atoms with van der Waals surface area (Å²) in [5, 5.41) is 6.44. The minimum atomic E-state index is -0.259. The molecular weight excluding hydrogens is 257 g/mol. The Morgan fingerprint density at radius 1 is 1.40 bits per heavy atom. The summed E-state index contributed by atoms with van der Waals surface area (Å²) in [4.78, 5) is 4.10. The lowest BCUT2D eigenvalue weighted by atomic mass is 9.89. The fraction of sp³-hybridized carbons (Fsp3) is 0.667. The number of pyridine rings is 1. The monoisotopic (exact) mass is 281 g/mol. The molecule has 0 aliphatic heterocycles. The number of nitrogens with one attached hydrogen (secondary N) is 2. The van der Waals surface area contributed by atoms with Crippen LogP contribution in [0.25, 0.3) is 0 Å². The zero-order chi connectivity index (χ0) is 14.8. The van der Waals surface area contributed by atoms with Crippen molar-refractivity contribution in [1.29, 1.82) is 0 Å². The first-order chi connectivity index (χ1) is 9.39. The van der Waals surface area contributed by atoms with E-state index in [0.717, 1.165) is 12.8 Å². The Morgan fingerprint density at radius 2 is 2.10 bits per heavy atom. The molecule has 1 fully saturated rings. The second-order valence-corrected chi connectivity index (χ2v) is 6.41. The fourth-order valence-corrected chi connectivity index (χ4v) is 2.15. The van der Waals surface area contributed by atoms with Gasteiger partial charge in [-0.2, -0.15) is 0 Å². The van der Waals surface area contributed by atoms with Gasteiger partial charge in [0, 0.05) is 37.0 Å². The molecule has 20 heavy (non-hydrogen) atoms. The van der Waals surface area contributed by atoms with E-state index in [1.54, 1.807) is 19.4 Å². The Morgan fingerprint density at radius 3 is 2.70 bits per heavy atom. The molecule has 1 heterocycles. The molecule has 0 bridgehead atoms. The van der Waals surface area contributed by atoms with Crippen molar-refractivity contribution in [3.05, 3.63) is 23.6 Å². The van der Waals surface area contributed by atoms with E-state index >= 15 is 0 Å². The summed E-state index contributed by atoms with van der Waals surface area (Å²) in [6.07, 6.45) is 3.75. The number of anilines is 1. The summed E-state index contributed by atoms with van der Waals surface area (Å²) in [7, 11) is 1.71. The first kappa shape index (κ1) is 15.2. The van der Waals surface area contributed by atoms with Crippen LogP contribution in [-0.2, 0) is 11.3 Å². The molecule has 0 unspecified atom stereocenters. The van der Waals surface area contributed by atoms with Gasteiger partial charge in [0.15, 0.2) is 11.6 Å². The third kappa shape index (κ3) is 3.90. The van der Waals surface area contributed by atoms with Gasteiger partial charge in [0.25, 0.3) is 0 Å². The fourth-order valence-electron chi connectivity index (χ4n) is 2.15. The van der Waals surface area contributed by atoms with E-state index < -0.39 is 0 Å². The highest BCUT2D eigenvalue weighted by Crippen LogP contribution is 2.27. The van der Waals surface area contributed by atoms with Crippen molar-refractivity contribution in [3.63, 3.8) is 0 Å². The van der Waals surface area contributed by atoms with Gasteiger partial charge in [-0.15, -0.1) is 0 Å². The van der Waals surface area contributed by atoms with Crippen LogP contribution >= 0.6 is 0 Å². The van der Waals surface area contributed by atoms with Crippen molar-refractivity contribution >= 4 is 5.82 Å². The molecular formula is C15H24FN3O. The van der Waals surface area contributed by atoms with Gasteiger partial charge in [-0.25, -0.2) is 9.37 Å². The summed E-state index contributed by atoms with van der Waals surface area (Å²) >= 11 is 0. The SMILES string of the molecule is COC1CC(Nc2nccc(CNC(C)(C)C)c2F)C1. The van der Waals surface area contributed by atoms with Crippen molar-refractivity contribution in [3.8, 4) is 0 Å². The van der Waals surface area contributed by atoms with Crippen LogP contribution in [0, 0.1) is 5.82 Å². The largest absolute Gasteiger partial charge is 0.381 e. The number of hydrogen-bond donors (Lipinski definition) is 2. The van der Waals surface area contributed by atoms with Gasteiger partial charge < -0.3 is 15.4 Å². The van der Waals surface area contributed by atoms with Crippen LogP contribution < -0.4 is 10.6 Å². The molecule has 1 aromatic heterocycles. The first-order valence-electron chi connectivity index (χ1n) is 7.07. The van der Waals surface area contributed by atoms with E-state index in [-0.39, 0.29) is 17.4 Å². The molecule has 0 amide bonds. The lowest BCUT2D eigenvalue weighted by Gasteiger charge is -2.35. The molecule has 0 radical (unpaired) electrons. The molecule has 1 aliphatic carbocycles. The topological polar surface area (TPSA) is 46.2 Å². The molecule has 2 N–H and O–H groups in total. The number of rotatable bonds is 5. The predicted octanol–water partition coefficient (Wildman–Crippen LogP) is 2.70. The number of methoxy groups -OCH3 is 1. The molecule has 112 valence electrons. The zero-order valence-electron chi connectivity index (χ0n) is 12.7. The minimum absolute atomic E-state index is 0.0387. The molecule has 0 spiro atoms. The maximum absolute atomic E-state index is 14.4. The van der Waals surface area contributed by atoms with Crippen molar-refractivity contribution in [2.75, 3.05) is 12.4 Å². The highest BCUT2D eigenvalue weighted by Gasteiger charge is 2.29. The van der Waals surface area contributed by atoms with Gasteiger partial charge in [0.05, 0.1) is 6.10 Å². The van der Waals surface area contributed by atoms with Gasteiger partial charge in [0.2, 0.25) is 0 Å². The summed E-state index contributed by atoms with van der Waals surface area (Å²) in [5.41, 5.74) is 0.600. The molecule has 0 atom stereocenters. The third-order valence-corrected chi connectivity index (χ3v) is 3.55. The normalized spacial score (nSPS) is 22.4. The van der Waals surface area contributed by atoms with E-state index in [4.69, 9.17) is 4.74 Å². The van der Waals surface area contributed by atoms with Gasteiger partial charge in [-0.3, -0.25) is 0 Å². The molecule has 2 rings (SSSR count). The standard InChI is InChI=1S/C15H24FN3O/c1-15(2,3)18-9-10-5-6-17-14(13(10)16)19-11-7-12(8-11)20-4/h5-6,11-12,18H,7-9H2,1-4H3,(H,17,19). The third-order valence-electron chi connectivity index (χ3n) is 3.55. The van der Waals surface area contributed by atoms with Gasteiger partial charge in [-0.05, 0) is 39.7 Å². The van der Waals surface area contributed by atoms with Crippen LogP contribution in [0.5, 0.6) is 0 Å². The van der Waals surface area contributed by atoms with Crippen molar-refractivity contribution in [2.24, 2.45) is 0 Å². The molecule has 0 aromatic carbocycles. The molecule has 1 aromatic rings. The van der Waals surface area contributed by atoms with E-state index in [9.17, 15) is 4.39 Å². The van der Waals surface area contributed by atoms with Gasteiger partial charge in [-0.1, -0.05) is 0 Å². The summed E-state index contributed by atoms with van der Waals surface area (Å²) < 4.78 is 19.6. The van der Waals surface area contributed by atoms with E-state index in [2.05, 4.69) is 36.4 Å². The van der Waals surface area contributed by atoms with Crippen LogP contribution in [0.3, 0.4) is 0 Å². The molecule has 1 aliphatic rings. The lowest BCUT2D eigenvalue weighted by Crippen LogP contribution is -2.40. The van der Waals surface area contributed by atoms with Gasteiger partial charge in [0.1, 0.15) is 0 Å². The quantitative estimate of drug-likeness (QED) is 0.871. The first-order valence-corrected chi connectivity index (χ1v) is 7.07. The van der Waals surface area contributed by atoms with Crippen molar-refractivity contribution in [1.82, 2.24) is 10.3 Å². The van der Waals surface area contributed by atoms with E-state index in [1.807, 2.05) is 0 Å². The second kappa shape index (κ2) is 6.06. The minimum Gasteiger partial charge on any atom is -0.381 e. The second-order valence-electron chi connectivity index (χ2n) is 6.41.